The van der Waals surface area contributed by atoms with Gasteiger partial charge in [-0.25, -0.2) is 4.98 Å². The summed E-state index contributed by atoms with van der Waals surface area (Å²) in [7, 11) is 0. The van der Waals surface area contributed by atoms with Gasteiger partial charge < -0.3 is 10.2 Å². The molecule has 2 aromatic carbocycles. The van der Waals surface area contributed by atoms with Gasteiger partial charge in [-0.2, -0.15) is 0 Å². The average Bonchev–Trinajstić information content (AvgIpc) is 3.14. The van der Waals surface area contributed by atoms with Gasteiger partial charge in [0.15, 0.2) is 0 Å². The van der Waals surface area contributed by atoms with Gasteiger partial charge >= 0.3 is 0 Å². The standard InChI is InChI=1S/C15H8N4O3/c20-5-1-2-8-6(3-5)9-10-11(15(22)18-14(10)21)13-7(4-16-19-13)12(9)17-8/h1-4,16,19-20H,(H,18,21,22). The van der Waals surface area contributed by atoms with Crippen molar-refractivity contribution >= 4 is 44.5 Å². The molecule has 0 radical (unpaired) electrons. The van der Waals surface area contributed by atoms with Crippen LogP contribution in [0.2, 0.25) is 0 Å². The van der Waals surface area contributed by atoms with Crippen molar-refractivity contribution in [2.24, 2.45) is 0 Å². The summed E-state index contributed by atoms with van der Waals surface area (Å²) in [6, 6.07) is 4.79. The van der Waals surface area contributed by atoms with Crippen LogP contribution in [0.15, 0.2) is 24.4 Å². The van der Waals surface area contributed by atoms with E-state index in [1.165, 1.54) is 0 Å². The van der Waals surface area contributed by atoms with E-state index >= 15 is 0 Å². The fourth-order valence-corrected chi connectivity index (χ4v) is 3.21. The summed E-state index contributed by atoms with van der Waals surface area (Å²) in [5.41, 5.74) is 2.45. The first-order valence-corrected chi connectivity index (χ1v) is 6.64. The van der Waals surface area contributed by atoms with E-state index in [1.54, 1.807) is 24.4 Å². The van der Waals surface area contributed by atoms with Gasteiger partial charge in [-0.3, -0.25) is 20.0 Å². The highest BCUT2D eigenvalue weighted by atomic mass is 16.3. The molecular weight excluding hydrogens is 284 g/mol. The summed E-state index contributed by atoms with van der Waals surface area (Å²) in [6.45, 7) is 0. The highest BCUT2D eigenvalue weighted by Crippen LogP contribution is 2.39. The van der Waals surface area contributed by atoms with E-state index in [9.17, 15) is 14.7 Å². The molecule has 0 saturated carbocycles. The fraction of sp³-hybridized carbons (Fsp3) is 0. The van der Waals surface area contributed by atoms with Crippen molar-refractivity contribution in [1.29, 1.82) is 0 Å². The van der Waals surface area contributed by atoms with Crippen LogP contribution in [0.4, 0.5) is 0 Å². The Kier molecular flexibility index (Phi) is 1.78. The normalized spacial score (nSPS) is 14.2. The topological polar surface area (TPSA) is 111 Å². The van der Waals surface area contributed by atoms with E-state index in [-0.39, 0.29) is 5.75 Å². The molecule has 0 aliphatic carbocycles. The van der Waals surface area contributed by atoms with Crippen molar-refractivity contribution in [3.8, 4) is 5.75 Å². The first-order chi connectivity index (χ1) is 10.6. The largest absolute Gasteiger partial charge is 0.508 e. The minimum Gasteiger partial charge on any atom is -0.508 e. The quantitative estimate of drug-likeness (QED) is 0.370. The van der Waals surface area contributed by atoms with E-state index in [1.807, 2.05) is 0 Å². The van der Waals surface area contributed by atoms with Gasteiger partial charge in [0.05, 0.1) is 27.7 Å². The number of imide groups is 1. The fourth-order valence-electron chi connectivity index (χ4n) is 3.21. The van der Waals surface area contributed by atoms with Crippen LogP contribution in [0, 0.1) is 0 Å². The Morgan fingerprint density at radius 3 is 2.73 bits per heavy atom. The molecule has 1 aliphatic rings. The van der Waals surface area contributed by atoms with Crippen molar-refractivity contribution in [1.82, 2.24) is 20.5 Å². The monoisotopic (exact) mass is 292 g/mol. The van der Waals surface area contributed by atoms with Crippen molar-refractivity contribution < 1.29 is 14.7 Å². The van der Waals surface area contributed by atoms with Crippen LogP contribution in [0.1, 0.15) is 20.7 Å². The molecule has 0 spiro atoms. The summed E-state index contributed by atoms with van der Waals surface area (Å²) in [5.74, 6) is -0.794. The molecule has 0 saturated heterocycles. The number of aromatic nitrogens is 3. The number of H-pyrrole nitrogens is 2. The van der Waals surface area contributed by atoms with Gasteiger partial charge in [0.25, 0.3) is 11.8 Å². The SMILES string of the molecule is O=C1NC(=O)c2c1c1[nH][nH]cc1c1nc3ccc(O)cc3c21. The Morgan fingerprint density at radius 1 is 1.05 bits per heavy atom. The maximum Gasteiger partial charge on any atom is 0.261 e. The van der Waals surface area contributed by atoms with E-state index in [0.29, 0.717) is 38.4 Å². The zero-order chi connectivity index (χ0) is 15.0. The third kappa shape index (κ3) is 1.15. The molecule has 0 unspecified atom stereocenters. The Balaban J connectivity index is 2.18. The van der Waals surface area contributed by atoms with Gasteiger partial charge in [-0.15, -0.1) is 0 Å². The molecule has 1 aliphatic heterocycles. The zero-order valence-corrected chi connectivity index (χ0v) is 11.0. The molecular formula is C15H8N4O3. The number of carbonyl (C=O) groups is 2. The number of amides is 2. The molecule has 7 heteroatoms. The van der Waals surface area contributed by atoms with E-state index in [2.05, 4.69) is 20.5 Å². The molecule has 22 heavy (non-hydrogen) atoms. The molecule has 4 N–H and O–H groups in total. The Hall–Kier alpha value is -3.35. The van der Waals surface area contributed by atoms with Crippen molar-refractivity contribution in [3.63, 3.8) is 0 Å². The molecule has 2 aromatic heterocycles. The predicted molar refractivity (Wildman–Crippen MR) is 78.9 cm³/mol. The lowest BCUT2D eigenvalue weighted by Crippen LogP contribution is -2.20. The maximum atomic E-state index is 12.2. The first kappa shape index (κ1) is 11.3. The van der Waals surface area contributed by atoms with Gasteiger partial charge in [0, 0.05) is 22.4 Å². The first-order valence-electron chi connectivity index (χ1n) is 6.64. The van der Waals surface area contributed by atoms with E-state index < -0.39 is 11.8 Å². The number of carbonyl (C=O) groups excluding carboxylic acids is 2. The van der Waals surface area contributed by atoms with Crippen molar-refractivity contribution in [2.45, 2.75) is 0 Å². The lowest BCUT2D eigenvalue weighted by atomic mass is 9.99. The summed E-state index contributed by atoms with van der Waals surface area (Å²) >= 11 is 0. The minimum atomic E-state index is -0.445. The number of phenolic OH excluding ortho intramolecular Hbond substituents is 1. The van der Waals surface area contributed by atoms with E-state index in [0.717, 1.165) is 5.39 Å². The molecule has 0 bridgehead atoms. The van der Waals surface area contributed by atoms with Crippen LogP contribution < -0.4 is 5.32 Å². The molecule has 7 nitrogen and oxygen atoms in total. The second kappa shape index (κ2) is 3.45. The van der Waals surface area contributed by atoms with Crippen LogP contribution in [0.5, 0.6) is 5.75 Å². The average molecular weight is 292 g/mol. The van der Waals surface area contributed by atoms with Crippen LogP contribution in [0.25, 0.3) is 32.7 Å². The Labute approximate surface area is 121 Å². The zero-order valence-electron chi connectivity index (χ0n) is 11.0. The minimum absolute atomic E-state index is 0.0843. The maximum absolute atomic E-state index is 12.2. The van der Waals surface area contributed by atoms with Crippen LogP contribution in [-0.4, -0.2) is 32.1 Å². The van der Waals surface area contributed by atoms with Crippen LogP contribution in [-0.2, 0) is 0 Å². The number of aromatic hydroxyl groups is 1. The number of benzene rings is 2. The number of nitrogens with zero attached hydrogens (tertiary/aromatic N) is 1. The molecule has 106 valence electrons. The smallest absolute Gasteiger partial charge is 0.261 e. The second-order valence-corrected chi connectivity index (χ2v) is 5.27. The third-order valence-corrected chi connectivity index (χ3v) is 4.09. The number of nitrogens with one attached hydrogen (secondary N) is 3. The van der Waals surface area contributed by atoms with Gasteiger partial charge in [0.2, 0.25) is 0 Å². The molecule has 2 amide bonds. The number of aromatic amines is 2. The lowest BCUT2D eigenvalue weighted by Gasteiger charge is -2.01. The van der Waals surface area contributed by atoms with E-state index in [4.69, 9.17) is 0 Å². The number of rotatable bonds is 0. The van der Waals surface area contributed by atoms with Gasteiger partial charge in [0.1, 0.15) is 5.75 Å². The number of phenols is 1. The summed E-state index contributed by atoms with van der Waals surface area (Å²) in [6.07, 6.45) is 1.71. The van der Waals surface area contributed by atoms with Crippen LogP contribution in [0.3, 0.4) is 0 Å². The molecule has 4 aromatic rings. The summed E-state index contributed by atoms with van der Waals surface area (Å²) < 4.78 is 0. The molecule has 5 rings (SSSR count). The lowest BCUT2D eigenvalue weighted by molar-refractivity contribution is 0.0880. The molecule has 3 heterocycles. The van der Waals surface area contributed by atoms with Crippen molar-refractivity contribution in [2.75, 3.05) is 0 Å². The summed E-state index contributed by atoms with van der Waals surface area (Å²) in [4.78, 5) is 28.9. The summed E-state index contributed by atoms with van der Waals surface area (Å²) in [5, 5.41) is 19.8. The number of hydrogen-bond acceptors (Lipinski definition) is 4. The Morgan fingerprint density at radius 2 is 1.86 bits per heavy atom. The van der Waals surface area contributed by atoms with Crippen LogP contribution >= 0.6 is 0 Å². The van der Waals surface area contributed by atoms with Gasteiger partial charge in [-0.1, -0.05) is 0 Å². The number of fused-ring (bicyclic) bond motifs is 8. The van der Waals surface area contributed by atoms with Crippen molar-refractivity contribution in [3.05, 3.63) is 35.5 Å². The highest BCUT2D eigenvalue weighted by molar-refractivity contribution is 6.36. The second-order valence-electron chi connectivity index (χ2n) is 5.27. The highest BCUT2D eigenvalue weighted by Gasteiger charge is 2.34. The third-order valence-electron chi connectivity index (χ3n) is 4.09. The van der Waals surface area contributed by atoms with Gasteiger partial charge in [-0.05, 0) is 18.2 Å². The Bertz CT molecular complexity index is 1150. The number of hydrogen-bond donors (Lipinski definition) is 4. The predicted octanol–water partition coefficient (Wildman–Crippen LogP) is 1.79. The molecule has 0 fully saturated rings. The molecule has 0 atom stereocenters.